The van der Waals surface area contributed by atoms with Crippen molar-refractivity contribution in [2.24, 2.45) is 0 Å². The van der Waals surface area contributed by atoms with Crippen molar-refractivity contribution in [2.75, 3.05) is 23.7 Å². The lowest BCUT2D eigenvalue weighted by atomic mass is 10.2. The van der Waals surface area contributed by atoms with E-state index >= 15 is 0 Å². The number of sulfonamides is 1. The Labute approximate surface area is 115 Å². The van der Waals surface area contributed by atoms with E-state index in [1.165, 1.54) is 0 Å². The lowest BCUT2D eigenvalue weighted by Crippen LogP contribution is -2.33. The van der Waals surface area contributed by atoms with Gasteiger partial charge >= 0.3 is 0 Å². The minimum atomic E-state index is -3.40. The van der Waals surface area contributed by atoms with Gasteiger partial charge in [0.1, 0.15) is 0 Å². The molecule has 7 heteroatoms. The van der Waals surface area contributed by atoms with Gasteiger partial charge in [-0.15, -0.1) is 0 Å². The van der Waals surface area contributed by atoms with Gasteiger partial charge in [0.05, 0.1) is 16.6 Å². The minimum absolute atomic E-state index is 0.403. The predicted octanol–water partition coefficient (Wildman–Crippen LogP) is 1.95. The Morgan fingerprint density at radius 1 is 1.33 bits per heavy atom. The highest BCUT2D eigenvalue weighted by Gasteiger charge is 2.28. The number of halogens is 1. The van der Waals surface area contributed by atoms with Gasteiger partial charge in [-0.25, -0.2) is 8.42 Å². The maximum absolute atomic E-state index is 12.2. The molecule has 100 valence electrons. The average Bonchev–Trinajstić information content (AvgIpc) is 2.34. The summed E-state index contributed by atoms with van der Waals surface area (Å²) < 4.78 is 32.8. The van der Waals surface area contributed by atoms with Crippen LogP contribution in [0.1, 0.15) is 12.8 Å². The first-order chi connectivity index (χ1) is 8.49. The Hall–Kier alpha value is -0.790. The van der Waals surface area contributed by atoms with Gasteiger partial charge in [0.25, 0.3) is 0 Å². The van der Waals surface area contributed by atoms with Gasteiger partial charge in [-0.1, -0.05) is 15.9 Å². The molecule has 1 aromatic carbocycles. The van der Waals surface area contributed by atoms with E-state index in [1.54, 1.807) is 18.2 Å². The molecule has 2 rings (SSSR count). The molecule has 1 fully saturated rings. The van der Waals surface area contributed by atoms with Crippen molar-refractivity contribution in [3.05, 3.63) is 22.7 Å². The maximum Gasteiger partial charge on any atom is 0.235 e. The van der Waals surface area contributed by atoms with E-state index in [0.29, 0.717) is 37.4 Å². The third-order valence-electron chi connectivity index (χ3n) is 2.87. The zero-order valence-electron chi connectivity index (χ0n) is 9.73. The van der Waals surface area contributed by atoms with Gasteiger partial charge in [0.2, 0.25) is 10.0 Å². The van der Waals surface area contributed by atoms with E-state index in [9.17, 15) is 8.42 Å². The predicted molar refractivity (Wildman–Crippen MR) is 74.9 cm³/mol. The molecule has 0 amide bonds. The highest BCUT2D eigenvalue weighted by atomic mass is 79.9. The maximum atomic E-state index is 12.2. The van der Waals surface area contributed by atoms with E-state index in [4.69, 9.17) is 10.5 Å². The number of ether oxygens (including phenoxy) is 1. The fourth-order valence-corrected chi connectivity index (χ4v) is 3.70. The average molecular weight is 335 g/mol. The van der Waals surface area contributed by atoms with E-state index in [-0.39, 0.29) is 0 Å². The van der Waals surface area contributed by atoms with Crippen LogP contribution in [0.5, 0.6) is 0 Å². The van der Waals surface area contributed by atoms with Crippen molar-refractivity contribution >= 4 is 37.3 Å². The molecule has 1 aliphatic rings. The topological polar surface area (TPSA) is 81.4 Å². The number of rotatable bonds is 3. The van der Waals surface area contributed by atoms with E-state index < -0.39 is 15.3 Å². The zero-order chi connectivity index (χ0) is 13.2. The second kappa shape index (κ2) is 5.46. The molecular weight excluding hydrogens is 320 g/mol. The van der Waals surface area contributed by atoms with Gasteiger partial charge in [-0.05, 0) is 31.0 Å². The molecule has 0 atom stereocenters. The van der Waals surface area contributed by atoms with Crippen LogP contribution in [0.15, 0.2) is 22.7 Å². The second-order valence-corrected chi connectivity index (χ2v) is 7.07. The standard InChI is InChI=1S/C11H15BrN2O3S/c12-8-1-2-11(10(13)7-8)14-18(15,16)9-3-5-17-6-4-9/h1-2,7,9,14H,3-6,13H2. The Morgan fingerprint density at radius 3 is 2.61 bits per heavy atom. The van der Waals surface area contributed by atoms with Crippen molar-refractivity contribution < 1.29 is 13.2 Å². The number of nitrogens with two attached hydrogens (primary N) is 1. The van der Waals surface area contributed by atoms with Gasteiger partial charge in [-0.3, -0.25) is 4.72 Å². The van der Waals surface area contributed by atoms with Crippen LogP contribution in [0.25, 0.3) is 0 Å². The Morgan fingerprint density at radius 2 is 2.00 bits per heavy atom. The molecule has 0 spiro atoms. The second-order valence-electron chi connectivity index (χ2n) is 4.19. The van der Waals surface area contributed by atoms with Crippen LogP contribution in [-0.4, -0.2) is 26.9 Å². The van der Waals surface area contributed by atoms with Crippen molar-refractivity contribution in [3.63, 3.8) is 0 Å². The number of benzene rings is 1. The van der Waals surface area contributed by atoms with Crippen molar-refractivity contribution in [1.82, 2.24) is 0 Å². The third-order valence-corrected chi connectivity index (χ3v) is 5.22. The first-order valence-corrected chi connectivity index (χ1v) is 7.97. The number of anilines is 2. The summed E-state index contributed by atoms with van der Waals surface area (Å²) in [5.74, 6) is 0. The van der Waals surface area contributed by atoms with Crippen molar-refractivity contribution in [1.29, 1.82) is 0 Å². The molecule has 0 bridgehead atoms. The monoisotopic (exact) mass is 334 g/mol. The van der Waals surface area contributed by atoms with Crippen LogP contribution in [0, 0.1) is 0 Å². The number of nitrogens with one attached hydrogen (secondary N) is 1. The summed E-state index contributed by atoms with van der Waals surface area (Å²) in [4.78, 5) is 0. The van der Waals surface area contributed by atoms with Crippen molar-refractivity contribution in [3.8, 4) is 0 Å². The molecule has 0 radical (unpaired) electrons. The van der Waals surface area contributed by atoms with Crippen LogP contribution in [0.3, 0.4) is 0 Å². The molecule has 18 heavy (non-hydrogen) atoms. The largest absolute Gasteiger partial charge is 0.397 e. The van der Waals surface area contributed by atoms with Crippen LogP contribution in [0.2, 0.25) is 0 Å². The fraction of sp³-hybridized carbons (Fsp3) is 0.455. The Balaban J connectivity index is 2.16. The molecule has 1 saturated heterocycles. The first-order valence-electron chi connectivity index (χ1n) is 5.63. The van der Waals surface area contributed by atoms with E-state index in [0.717, 1.165) is 4.47 Å². The molecule has 0 saturated carbocycles. The van der Waals surface area contributed by atoms with Crippen molar-refractivity contribution in [2.45, 2.75) is 18.1 Å². The quantitative estimate of drug-likeness (QED) is 0.828. The van der Waals surface area contributed by atoms with Gasteiger partial charge in [-0.2, -0.15) is 0 Å². The smallest absolute Gasteiger partial charge is 0.235 e. The summed E-state index contributed by atoms with van der Waals surface area (Å²) in [6, 6.07) is 5.07. The van der Waals surface area contributed by atoms with Crippen LogP contribution in [-0.2, 0) is 14.8 Å². The normalized spacial score (nSPS) is 17.6. The SMILES string of the molecule is Nc1cc(Br)ccc1NS(=O)(=O)C1CCOCC1. The molecule has 1 aliphatic heterocycles. The van der Waals surface area contributed by atoms with Gasteiger partial charge in [0, 0.05) is 17.7 Å². The molecular formula is C11H15BrN2O3S. The Bertz CT molecular complexity index is 527. The molecule has 5 nitrogen and oxygen atoms in total. The molecule has 3 N–H and O–H groups in total. The molecule has 1 aromatic rings. The Kier molecular flexibility index (Phi) is 4.14. The number of hydrogen-bond acceptors (Lipinski definition) is 4. The molecule has 0 aliphatic carbocycles. The molecule has 1 heterocycles. The third kappa shape index (κ3) is 3.15. The fourth-order valence-electron chi connectivity index (χ4n) is 1.85. The van der Waals surface area contributed by atoms with Crippen LogP contribution in [0.4, 0.5) is 11.4 Å². The first kappa shape index (κ1) is 13.6. The molecule has 0 unspecified atom stereocenters. The lowest BCUT2D eigenvalue weighted by molar-refractivity contribution is 0.0984. The van der Waals surface area contributed by atoms with Gasteiger partial charge < -0.3 is 10.5 Å². The summed E-state index contributed by atoms with van der Waals surface area (Å²) in [6.45, 7) is 0.975. The van der Waals surface area contributed by atoms with E-state index in [1.807, 2.05) is 0 Å². The zero-order valence-corrected chi connectivity index (χ0v) is 12.1. The highest BCUT2D eigenvalue weighted by molar-refractivity contribution is 9.10. The summed E-state index contributed by atoms with van der Waals surface area (Å²) in [7, 11) is -3.40. The lowest BCUT2D eigenvalue weighted by Gasteiger charge is -2.23. The van der Waals surface area contributed by atoms with Gasteiger partial charge in [0.15, 0.2) is 0 Å². The summed E-state index contributed by atoms with van der Waals surface area (Å²) in [5, 5.41) is -0.408. The number of hydrogen-bond donors (Lipinski definition) is 2. The molecule has 0 aromatic heterocycles. The minimum Gasteiger partial charge on any atom is -0.397 e. The summed E-state index contributed by atoms with van der Waals surface area (Å²) in [5.41, 5.74) is 6.60. The summed E-state index contributed by atoms with van der Waals surface area (Å²) >= 11 is 3.28. The van der Waals surface area contributed by atoms with E-state index in [2.05, 4.69) is 20.7 Å². The van der Waals surface area contributed by atoms with Crippen LogP contribution >= 0.6 is 15.9 Å². The number of nitrogen functional groups attached to an aromatic ring is 1. The van der Waals surface area contributed by atoms with Crippen LogP contribution < -0.4 is 10.5 Å². The summed E-state index contributed by atoms with van der Waals surface area (Å²) in [6.07, 6.45) is 1.04. The highest BCUT2D eigenvalue weighted by Crippen LogP contribution is 2.26.